The number of rotatable bonds is 1. The van der Waals surface area contributed by atoms with Crippen molar-refractivity contribution < 1.29 is 9.59 Å². The number of nitrogen functional groups attached to an aromatic ring is 1. The Morgan fingerprint density at radius 3 is 2.94 bits per heavy atom. The van der Waals surface area contributed by atoms with Crippen LogP contribution in [0, 0.1) is 0 Å². The summed E-state index contributed by atoms with van der Waals surface area (Å²) in [7, 11) is 0. The van der Waals surface area contributed by atoms with Crippen molar-refractivity contribution in [3.63, 3.8) is 0 Å². The van der Waals surface area contributed by atoms with Crippen LogP contribution in [0.1, 0.15) is 12.0 Å². The van der Waals surface area contributed by atoms with Crippen LogP contribution in [-0.4, -0.2) is 29.1 Å². The third-order valence-corrected chi connectivity index (χ3v) is 3.22. The molecule has 6 nitrogen and oxygen atoms in total. The average molecular weight is 244 g/mol. The monoisotopic (exact) mass is 244 g/mol. The zero-order valence-electron chi connectivity index (χ0n) is 9.59. The van der Waals surface area contributed by atoms with Crippen LogP contribution in [-0.2, 0) is 16.1 Å². The van der Waals surface area contributed by atoms with Gasteiger partial charge >= 0.3 is 0 Å². The van der Waals surface area contributed by atoms with Gasteiger partial charge in [-0.05, 0) is 12.1 Å². The minimum atomic E-state index is -0.478. The number of nitrogens with one attached hydrogen (secondary N) is 1. The standard InChI is InChI=1S/C12H12N4O2/c13-8-2-1-3-9-7(8)5-16(6-14-9)10-4-11(17)15-12(10)18/h1-3,6,10H,4-5,13H2,(H,15,17,18). The van der Waals surface area contributed by atoms with Crippen molar-refractivity contribution in [2.75, 3.05) is 5.73 Å². The molecule has 1 fully saturated rings. The second-order valence-electron chi connectivity index (χ2n) is 4.39. The summed E-state index contributed by atoms with van der Waals surface area (Å²) in [6.07, 6.45) is 1.78. The molecule has 1 aromatic rings. The number of anilines is 1. The lowest BCUT2D eigenvalue weighted by Gasteiger charge is -2.28. The molecule has 1 atom stereocenters. The Hall–Kier alpha value is -2.37. The molecule has 92 valence electrons. The van der Waals surface area contributed by atoms with Crippen molar-refractivity contribution in [1.29, 1.82) is 0 Å². The van der Waals surface area contributed by atoms with Crippen LogP contribution in [0.5, 0.6) is 0 Å². The van der Waals surface area contributed by atoms with Gasteiger partial charge in [-0.2, -0.15) is 0 Å². The first-order valence-corrected chi connectivity index (χ1v) is 5.66. The summed E-state index contributed by atoms with van der Waals surface area (Å²) < 4.78 is 0. The van der Waals surface area contributed by atoms with Gasteiger partial charge in [0.1, 0.15) is 6.04 Å². The Bertz CT molecular complexity index is 567. The van der Waals surface area contributed by atoms with Crippen molar-refractivity contribution in [2.45, 2.75) is 19.0 Å². The normalized spacial score (nSPS) is 22.0. The highest BCUT2D eigenvalue weighted by atomic mass is 16.2. The number of nitrogens with zero attached hydrogens (tertiary/aromatic N) is 2. The molecule has 6 heteroatoms. The van der Waals surface area contributed by atoms with Crippen LogP contribution in [0.2, 0.25) is 0 Å². The van der Waals surface area contributed by atoms with E-state index in [1.54, 1.807) is 17.3 Å². The van der Waals surface area contributed by atoms with E-state index in [4.69, 9.17) is 5.73 Å². The summed E-state index contributed by atoms with van der Waals surface area (Å²) in [5, 5.41) is 2.29. The summed E-state index contributed by atoms with van der Waals surface area (Å²) in [5.74, 6) is -0.519. The molecule has 1 unspecified atom stereocenters. The summed E-state index contributed by atoms with van der Waals surface area (Å²) >= 11 is 0. The second kappa shape index (κ2) is 3.83. The highest BCUT2D eigenvalue weighted by Gasteiger charge is 2.35. The number of aliphatic imine (C=N–C) groups is 1. The SMILES string of the molecule is Nc1cccc2c1CN(C1CC(=O)NC1=O)C=N2. The Morgan fingerprint density at radius 1 is 1.39 bits per heavy atom. The van der Waals surface area contributed by atoms with Gasteiger partial charge in [0, 0.05) is 17.8 Å². The van der Waals surface area contributed by atoms with Gasteiger partial charge in [-0.15, -0.1) is 0 Å². The Balaban J connectivity index is 1.89. The smallest absolute Gasteiger partial charge is 0.249 e. The van der Waals surface area contributed by atoms with Crippen LogP contribution in [0.4, 0.5) is 11.4 Å². The number of benzene rings is 1. The molecule has 0 aliphatic carbocycles. The van der Waals surface area contributed by atoms with Crippen molar-refractivity contribution in [3.8, 4) is 0 Å². The lowest BCUT2D eigenvalue weighted by Crippen LogP contribution is -2.40. The van der Waals surface area contributed by atoms with E-state index >= 15 is 0 Å². The van der Waals surface area contributed by atoms with Crippen molar-refractivity contribution in [3.05, 3.63) is 23.8 Å². The van der Waals surface area contributed by atoms with Gasteiger partial charge in [0.25, 0.3) is 0 Å². The minimum Gasteiger partial charge on any atom is -0.398 e. The van der Waals surface area contributed by atoms with Crippen LogP contribution in [0.15, 0.2) is 23.2 Å². The summed E-state index contributed by atoms with van der Waals surface area (Å²) in [6.45, 7) is 0.497. The number of hydrogen-bond donors (Lipinski definition) is 2. The molecule has 0 saturated carbocycles. The minimum absolute atomic E-state index is 0.174. The molecule has 2 heterocycles. The largest absolute Gasteiger partial charge is 0.398 e. The second-order valence-corrected chi connectivity index (χ2v) is 4.39. The van der Waals surface area contributed by atoms with Crippen molar-refractivity contribution in [1.82, 2.24) is 10.2 Å². The zero-order valence-corrected chi connectivity index (χ0v) is 9.59. The molecule has 0 spiro atoms. The van der Waals surface area contributed by atoms with E-state index < -0.39 is 6.04 Å². The maximum absolute atomic E-state index is 11.6. The number of hydrogen-bond acceptors (Lipinski definition) is 5. The lowest BCUT2D eigenvalue weighted by molar-refractivity contribution is -0.125. The van der Waals surface area contributed by atoms with Crippen LogP contribution in [0.3, 0.4) is 0 Å². The molecule has 0 bridgehead atoms. The molecule has 1 aromatic carbocycles. The Labute approximate surface area is 103 Å². The fourth-order valence-corrected chi connectivity index (χ4v) is 2.24. The van der Waals surface area contributed by atoms with E-state index in [2.05, 4.69) is 10.3 Å². The summed E-state index contributed by atoms with van der Waals surface area (Å²) in [5.41, 5.74) is 8.26. The number of imide groups is 1. The maximum atomic E-state index is 11.6. The van der Waals surface area contributed by atoms with Crippen molar-refractivity contribution >= 4 is 29.5 Å². The highest BCUT2D eigenvalue weighted by Crippen LogP contribution is 2.30. The molecule has 2 amide bonds. The quantitative estimate of drug-likeness (QED) is 0.544. The molecule has 1 saturated heterocycles. The predicted octanol–water partition coefficient (Wildman–Crippen LogP) is 0.159. The molecule has 3 N–H and O–H groups in total. The highest BCUT2D eigenvalue weighted by molar-refractivity contribution is 6.06. The van der Waals surface area contributed by atoms with Gasteiger partial charge < -0.3 is 10.6 Å². The fraction of sp³-hybridized carbons (Fsp3) is 0.250. The van der Waals surface area contributed by atoms with Crippen LogP contribution in [0.25, 0.3) is 0 Å². The number of carbonyl (C=O) groups is 2. The number of nitrogens with two attached hydrogens (primary N) is 1. The van der Waals surface area contributed by atoms with Crippen LogP contribution >= 0.6 is 0 Å². The average Bonchev–Trinajstić information content (AvgIpc) is 2.69. The van der Waals surface area contributed by atoms with Crippen LogP contribution < -0.4 is 11.1 Å². The Morgan fingerprint density at radius 2 is 2.22 bits per heavy atom. The van der Waals surface area contributed by atoms with Gasteiger partial charge in [0.2, 0.25) is 11.8 Å². The lowest BCUT2D eigenvalue weighted by atomic mass is 10.1. The molecule has 18 heavy (non-hydrogen) atoms. The van der Waals surface area contributed by atoms with Gasteiger partial charge in [-0.3, -0.25) is 14.9 Å². The van der Waals surface area contributed by atoms with E-state index in [1.807, 2.05) is 12.1 Å². The van der Waals surface area contributed by atoms with E-state index in [-0.39, 0.29) is 18.2 Å². The third-order valence-electron chi connectivity index (χ3n) is 3.22. The van der Waals surface area contributed by atoms with E-state index in [0.29, 0.717) is 12.2 Å². The molecule has 0 aromatic heterocycles. The number of amides is 2. The number of fused-ring (bicyclic) bond motifs is 1. The van der Waals surface area contributed by atoms with Gasteiger partial charge in [0.15, 0.2) is 0 Å². The molecule has 0 radical (unpaired) electrons. The van der Waals surface area contributed by atoms with Crippen molar-refractivity contribution in [2.24, 2.45) is 4.99 Å². The van der Waals surface area contributed by atoms with E-state index in [1.165, 1.54) is 0 Å². The first-order valence-electron chi connectivity index (χ1n) is 5.66. The van der Waals surface area contributed by atoms with Gasteiger partial charge in [0.05, 0.1) is 18.4 Å². The molecule has 2 aliphatic rings. The molecule has 2 aliphatic heterocycles. The first kappa shape index (κ1) is 10.8. The molecule has 3 rings (SSSR count). The molecular formula is C12H12N4O2. The Kier molecular flexibility index (Phi) is 2.29. The number of carbonyl (C=O) groups excluding carboxylic acids is 2. The first-order chi connectivity index (χ1) is 8.65. The van der Waals surface area contributed by atoms with E-state index in [9.17, 15) is 9.59 Å². The topological polar surface area (TPSA) is 87.8 Å². The zero-order chi connectivity index (χ0) is 12.7. The molecular weight excluding hydrogens is 232 g/mol. The summed E-state index contributed by atoms with van der Waals surface area (Å²) in [6, 6.07) is 5.04. The van der Waals surface area contributed by atoms with Gasteiger partial charge in [-0.25, -0.2) is 4.99 Å². The predicted molar refractivity (Wildman–Crippen MR) is 66.1 cm³/mol. The van der Waals surface area contributed by atoms with Gasteiger partial charge in [-0.1, -0.05) is 6.07 Å². The third kappa shape index (κ3) is 1.62. The maximum Gasteiger partial charge on any atom is 0.249 e. The van der Waals surface area contributed by atoms with E-state index in [0.717, 1.165) is 11.3 Å². The summed E-state index contributed by atoms with van der Waals surface area (Å²) in [4.78, 5) is 28.8. The fourth-order valence-electron chi connectivity index (χ4n) is 2.24.